The maximum atomic E-state index is 13.8. The summed E-state index contributed by atoms with van der Waals surface area (Å²) < 4.78 is 28.9. The highest BCUT2D eigenvalue weighted by atomic mass is 32.2. The molecule has 0 spiro atoms. The van der Waals surface area contributed by atoms with Crippen LogP contribution in [0.5, 0.6) is 0 Å². The molecule has 7 heteroatoms. The lowest BCUT2D eigenvalue weighted by atomic mass is 9.98. The molecule has 1 aromatic heterocycles. The highest BCUT2D eigenvalue weighted by Gasteiger charge is 2.40. The molecule has 2 heterocycles. The Labute approximate surface area is 187 Å². The van der Waals surface area contributed by atoms with Gasteiger partial charge in [0.2, 0.25) is 15.9 Å². The summed E-state index contributed by atoms with van der Waals surface area (Å²) in [6.07, 6.45) is 1.12. The third-order valence-corrected chi connectivity index (χ3v) is 7.99. The van der Waals surface area contributed by atoms with Crippen LogP contribution in [0.15, 0.2) is 71.6 Å². The second-order valence-corrected chi connectivity index (χ2v) is 10.1. The van der Waals surface area contributed by atoms with Gasteiger partial charge in [0, 0.05) is 29.6 Å². The van der Waals surface area contributed by atoms with Gasteiger partial charge in [-0.2, -0.15) is 4.31 Å². The maximum absolute atomic E-state index is 13.8. The molecule has 4 aromatic rings. The van der Waals surface area contributed by atoms with Gasteiger partial charge in [0.1, 0.15) is 6.04 Å². The van der Waals surface area contributed by atoms with Crippen LogP contribution in [0, 0.1) is 0 Å². The number of amides is 1. The molecule has 5 rings (SSSR count). The Kier molecular flexibility index (Phi) is 5.23. The number of fused-ring (bicyclic) bond motifs is 4. The van der Waals surface area contributed by atoms with Crippen molar-refractivity contribution in [1.82, 2.24) is 14.6 Å². The summed E-state index contributed by atoms with van der Waals surface area (Å²) in [5.74, 6) is -0.257. The molecule has 1 aliphatic rings. The number of aromatic amines is 1. The number of benzene rings is 3. The highest BCUT2D eigenvalue weighted by molar-refractivity contribution is 7.89. The number of H-pyrrole nitrogens is 1. The molecular weight excluding hydrogens is 422 g/mol. The second-order valence-electron chi connectivity index (χ2n) is 8.20. The summed E-state index contributed by atoms with van der Waals surface area (Å²) in [4.78, 5) is 16.7. The quantitative estimate of drug-likeness (QED) is 0.486. The molecule has 0 saturated heterocycles. The van der Waals surface area contributed by atoms with Crippen molar-refractivity contribution in [3.63, 3.8) is 0 Å². The molecule has 1 atom stereocenters. The van der Waals surface area contributed by atoms with Gasteiger partial charge in [0.25, 0.3) is 0 Å². The topological polar surface area (TPSA) is 82.3 Å². The predicted molar refractivity (Wildman–Crippen MR) is 126 cm³/mol. The van der Waals surface area contributed by atoms with Crippen molar-refractivity contribution in [1.29, 1.82) is 0 Å². The van der Waals surface area contributed by atoms with E-state index in [0.717, 1.165) is 39.4 Å². The van der Waals surface area contributed by atoms with Gasteiger partial charge in [0.05, 0.1) is 11.4 Å². The Morgan fingerprint density at radius 1 is 1.06 bits per heavy atom. The average molecular weight is 448 g/mol. The van der Waals surface area contributed by atoms with Crippen LogP contribution in [0.25, 0.3) is 21.7 Å². The zero-order chi connectivity index (χ0) is 22.3. The van der Waals surface area contributed by atoms with Gasteiger partial charge >= 0.3 is 0 Å². The fourth-order valence-electron chi connectivity index (χ4n) is 4.49. The number of hydrogen-bond donors (Lipinski definition) is 2. The van der Waals surface area contributed by atoms with Crippen molar-refractivity contribution in [3.05, 3.63) is 78.0 Å². The lowest BCUT2D eigenvalue weighted by Crippen LogP contribution is -2.52. The smallest absolute Gasteiger partial charge is 0.244 e. The molecule has 1 unspecified atom stereocenters. The highest BCUT2D eigenvalue weighted by Crippen LogP contribution is 2.34. The third-order valence-electron chi connectivity index (χ3n) is 6.14. The average Bonchev–Trinajstić information content (AvgIpc) is 3.19. The fraction of sp³-hybridized carbons (Fsp3) is 0.240. The molecule has 0 bridgehead atoms. The summed E-state index contributed by atoms with van der Waals surface area (Å²) >= 11 is 0. The van der Waals surface area contributed by atoms with Crippen molar-refractivity contribution in [2.75, 3.05) is 6.54 Å². The van der Waals surface area contributed by atoms with Gasteiger partial charge in [-0.05, 0) is 41.0 Å². The van der Waals surface area contributed by atoms with E-state index < -0.39 is 16.1 Å². The van der Waals surface area contributed by atoms with Crippen molar-refractivity contribution < 1.29 is 13.2 Å². The maximum Gasteiger partial charge on any atom is 0.244 e. The normalized spacial score (nSPS) is 16.8. The van der Waals surface area contributed by atoms with Crippen LogP contribution in [0.2, 0.25) is 0 Å². The number of sulfonamides is 1. The van der Waals surface area contributed by atoms with Crippen molar-refractivity contribution in [3.8, 4) is 0 Å². The van der Waals surface area contributed by atoms with Crippen LogP contribution in [-0.2, 0) is 27.8 Å². The number of aromatic nitrogens is 1. The molecule has 6 nitrogen and oxygen atoms in total. The Morgan fingerprint density at radius 3 is 2.62 bits per heavy atom. The van der Waals surface area contributed by atoms with Gasteiger partial charge < -0.3 is 10.3 Å². The first-order chi connectivity index (χ1) is 15.5. The van der Waals surface area contributed by atoms with E-state index in [0.29, 0.717) is 13.0 Å². The van der Waals surface area contributed by atoms with Crippen LogP contribution in [-0.4, -0.2) is 36.2 Å². The van der Waals surface area contributed by atoms with E-state index in [1.807, 2.05) is 61.5 Å². The number of nitrogens with zero attached hydrogens (tertiary/aromatic N) is 1. The van der Waals surface area contributed by atoms with E-state index in [1.54, 1.807) is 12.1 Å². The summed E-state index contributed by atoms with van der Waals surface area (Å²) in [6, 6.07) is 19.9. The summed E-state index contributed by atoms with van der Waals surface area (Å²) in [6.45, 7) is 2.62. The number of carbonyl (C=O) groups excluding carboxylic acids is 1. The zero-order valence-corrected chi connectivity index (χ0v) is 18.7. The summed E-state index contributed by atoms with van der Waals surface area (Å²) in [5, 5.41) is 5.76. The minimum atomic E-state index is -3.90. The van der Waals surface area contributed by atoms with Crippen LogP contribution in [0.1, 0.15) is 24.6 Å². The monoisotopic (exact) mass is 447 g/mol. The molecule has 1 aliphatic heterocycles. The lowest BCUT2D eigenvalue weighted by Gasteiger charge is -2.34. The molecule has 3 aromatic carbocycles. The largest absolute Gasteiger partial charge is 0.357 e. The number of hydrogen-bond acceptors (Lipinski definition) is 3. The Balaban J connectivity index is 1.60. The first-order valence-corrected chi connectivity index (χ1v) is 12.3. The van der Waals surface area contributed by atoms with E-state index in [4.69, 9.17) is 0 Å². The van der Waals surface area contributed by atoms with Crippen LogP contribution < -0.4 is 5.32 Å². The second kappa shape index (κ2) is 8.07. The molecule has 0 aliphatic carbocycles. The Morgan fingerprint density at radius 2 is 1.81 bits per heavy atom. The van der Waals surface area contributed by atoms with Crippen LogP contribution in [0.4, 0.5) is 0 Å². The zero-order valence-electron chi connectivity index (χ0n) is 17.8. The van der Waals surface area contributed by atoms with E-state index >= 15 is 0 Å². The van der Waals surface area contributed by atoms with Crippen LogP contribution >= 0.6 is 0 Å². The van der Waals surface area contributed by atoms with E-state index in [9.17, 15) is 13.2 Å². The Hall–Kier alpha value is -3.16. The van der Waals surface area contributed by atoms with E-state index in [1.165, 1.54) is 4.31 Å². The number of nitrogens with one attached hydrogen (secondary N) is 2. The molecule has 1 amide bonds. The molecular formula is C25H25N3O3S. The van der Waals surface area contributed by atoms with E-state index in [-0.39, 0.29) is 17.3 Å². The number of rotatable bonds is 5. The number of para-hydroxylation sites is 1. The standard InChI is InChI=1S/C25H25N3O3S/c1-2-13-26-25(29)24-15-21-20-9-5-6-10-22(20)27-23(21)16-28(24)32(30,31)19-12-11-17-7-3-4-8-18(17)14-19/h3-12,14,24,27H,2,13,15-16H2,1H3,(H,26,29). The van der Waals surface area contributed by atoms with Crippen molar-refractivity contribution in [2.24, 2.45) is 0 Å². The first-order valence-electron chi connectivity index (χ1n) is 10.9. The van der Waals surface area contributed by atoms with Crippen LogP contribution in [0.3, 0.4) is 0 Å². The molecule has 2 N–H and O–H groups in total. The summed E-state index contributed by atoms with van der Waals surface area (Å²) in [5.41, 5.74) is 2.81. The van der Waals surface area contributed by atoms with Crippen molar-refractivity contribution >= 4 is 37.6 Å². The minimum absolute atomic E-state index is 0.128. The molecule has 0 fully saturated rings. The molecule has 32 heavy (non-hydrogen) atoms. The minimum Gasteiger partial charge on any atom is -0.357 e. The SMILES string of the molecule is CCCNC(=O)C1Cc2c([nH]c3ccccc23)CN1S(=O)(=O)c1ccc2ccccc2c1. The van der Waals surface area contributed by atoms with Gasteiger partial charge in [0.15, 0.2) is 0 Å². The molecule has 164 valence electrons. The molecule has 0 radical (unpaired) electrons. The Bertz CT molecular complexity index is 1420. The lowest BCUT2D eigenvalue weighted by molar-refractivity contribution is -0.125. The molecule has 0 saturated carbocycles. The summed E-state index contributed by atoms with van der Waals surface area (Å²) in [7, 11) is -3.90. The van der Waals surface area contributed by atoms with Gasteiger partial charge in [-0.25, -0.2) is 8.42 Å². The van der Waals surface area contributed by atoms with Crippen molar-refractivity contribution in [2.45, 2.75) is 37.2 Å². The van der Waals surface area contributed by atoms with Gasteiger partial charge in [-0.15, -0.1) is 0 Å². The van der Waals surface area contributed by atoms with Gasteiger partial charge in [-0.3, -0.25) is 4.79 Å². The first kappa shape index (κ1) is 20.7. The number of carbonyl (C=O) groups is 1. The van der Waals surface area contributed by atoms with Gasteiger partial charge in [-0.1, -0.05) is 55.5 Å². The predicted octanol–water partition coefficient (Wildman–Crippen LogP) is 3.96. The fourth-order valence-corrected chi connectivity index (χ4v) is 6.08. The van der Waals surface area contributed by atoms with E-state index in [2.05, 4.69) is 10.3 Å². The third kappa shape index (κ3) is 3.47.